The minimum atomic E-state index is -3.33. The minimum absolute atomic E-state index is 0.0310. The monoisotopic (exact) mass is 335 g/mol. The van der Waals surface area contributed by atoms with Gasteiger partial charge in [0.25, 0.3) is 0 Å². The Balaban J connectivity index is 1.70. The first kappa shape index (κ1) is 15.7. The van der Waals surface area contributed by atoms with Crippen LogP contribution >= 0.6 is 0 Å². The molecule has 4 fully saturated rings. The van der Waals surface area contributed by atoms with Gasteiger partial charge in [-0.2, -0.15) is 0 Å². The second kappa shape index (κ2) is 5.20. The summed E-state index contributed by atoms with van der Waals surface area (Å²) in [5, 5.41) is -0.521. The highest BCUT2D eigenvalue weighted by Crippen LogP contribution is 2.51. The minimum Gasteiger partial charge on any atom is -0.229 e. The van der Waals surface area contributed by atoms with Gasteiger partial charge in [-0.3, -0.25) is 0 Å². The van der Waals surface area contributed by atoms with Crippen LogP contribution in [-0.4, -0.2) is 51.5 Å². The zero-order valence-electron chi connectivity index (χ0n) is 12.6. The van der Waals surface area contributed by atoms with Gasteiger partial charge < -0.3 is 0 Å². The van der Waals surface area contributed by atoms with E-state index in [1.165, 1.54) is 29.8 Å². The quantitative estimate of drug-likeness (QED) is 0.779. The number of rotatable bonds is 4. The number of sulfonamides is 1. The first-order chi connectivity index (χ1) is 9.70. The molecule has 1 saturated heterocycles. The molecule has 4 rings (SSSR count). The van der Waals surface area contributed by atoms with E-state index < -0.39 is 25.1 Å². The molecular weight excluding hydrogens is 310 g/mol. The number of sulfone groups is 1. The molecule has 4 aliphatic rings. The van der Waals surface area contributed by atoms with Crippen molar-refractivity contribution in [3.05, 3.63) is 0 Å². The maximum Gasteiger partial charge on any atom is 0.214 e. The van der Waals surface area contributed by atoms with Crippen molar-refractivity contribution in [2.24, 2.45) is 11.3 Å². The van der Waals surface area contributed by atoms with Gasteiger partial charge in [0.15, 0.2) is 9.84 Å². The largest absolute Gasteiger partial charge is 0.229 e. The predicted molar refractivity (Wildman–Crippen MR) is 82.2 cm³/mol. The molecule has 0 aromatic heterocycles. The molecule has 7 heteroatoms. The van der Waals surface area contributed by atoms with Crippen LogP contribution in [-0.2, 0) is 19.9 Å². The lowest BCUT2D eigenvalue weighted by Crippen LogP contribution is -2.44. The first-order valence-corrected chi connectivity index (χ1v) is 11.4. The predicted octanol–water partition coefficient (Wildman–Crippen LogP) is 1.41. The van der Waals surface area contributed by atoms with Gasteiger partial charge in [0.1, 0.15) is 0 Å². The van der Waals surface area contributed by atoms with E-state index in [9.17, 15) is 16.8 Å². The fourth-order valence-corrected chi connectivity index (χ4v) is 7.59. The second-order valence-electron chi connectivity index (χ2n) is 7.34. The van der Waals surface area contributed by atoms with Crippen molar-refractivity contribution in [2.45, 2.75) is 50.2 Å². The van der Waals surface area contributed by atoms with Crippen LogP contribution in [0.1, 0.15) is 44.9 Å². The highest BCUT2D eigenvalue weighted by atomic mass is 32.2. The molecule has 1 atom stereocenters. The molecule has 3 saturated carbocycles. The average molecular weight is 335 g/mol. The standard InChI is InChI=1S/C14H25NO4S2/c1-20(16,17)13-5-9-15(10-13)21(18,19)11-14-6-2-12(3-7-14)4-8-14/h12-13H,2-11H2,1H3. The van der Waals surface area contributed by atoms with E-state index in [0.717, 1.165) is 25.2 Å². The lowest BCUT2D eigenvalue weighted by atomic mass is 9.62. The number of hydrogen-bond acceptors (Lipinski definition) is 4. The van der Waals surface area contributed by atoms with Gasteiger partial charge in [-0.15, -0.1) is 0 Å². The molecule has 0 radical (unpaired) electrons. The summed E-state index contributed by atoms with van der Waals surface area (Å²) in [6, 6.07) is 0. The molecule has 1 unspecified atom stereocenters. The van der Waals surface area contributed by atoms with E-state index in [4.69, 9.17) is 0 Å². The Hall–Kier alpha value is -0.140. The SMILES string of the molecule is CS(=O)(=O)C1CCN(S(=O)(=O)CC23CCC(CC2)CC3)C1. The van der Waals surface area contributed by atoms with E-state index in [1.807, 2.05) is 0 Å². The molecule has 1 aliphatic heterocycles. The Bertz CT molecular complexity index is 589. The maximum atomic E-state index is 12.7. The molecule has 0 amide bonds. The van der Waals surface area contributed by atoms with Gasteiger partial charge in [-0.05, 0) is 56.3 Å². The Kier molecular flexibility index (Phi) is 3.90. The van der Waals surface area contributed by atoms with Crippen molar-refractivity contribution >= 4 is 19.9 Å². The molecule has 0 aromatic rings. The smallest absolute Gasteiger partial charge is 0.214 e. The second-order valence-corrected chi connectivity index (χ2v) is 11.6. The zero-order chi connectivity index (χ0) is 15.3. The molecule has 0 aromatic carbocycles. The molecule has 0 N–H and O–H groups in total. The third kappa shape index (κ3) is 3.15. The Morgan fingerprint density at radius 2 is 1.57 bits per heavy atom. The van der Waals surface area contributed by atoms with Crippen molar-refractivity contribution in [1.82, 2.24) is 4.31 Å². The third-order valence-electron chi connectivity index (χ3n) is 5.84. The third-order valence-corrected chi connectivity index (χ3v) is 9.54. The van der Waals surface area contributed by atoms with Crippen LogP contribution in [0.15, 0.2) is 0 Å². The molecule has 122 valence electrons. The van der Waals surface area contributed by atoms with E-state index in [-0.39, 0.29) is 17.7 Å². The van der Waals surface area contributed by atoms with Crippen LogP contribution in [0, 0.1) is 11.3 Å². The summed E-state index contributed by atoms with van der Waals surface area (Å²) < 4.78 is 50.0. The van der Waals surface area contributed by atoms with Crippen molar-refractivity contribution < 1.29 is 16.8 Å². The zero-order valence-corrected chi connectivity index (χ0v) is 14.3. The van der Waals surface area contributed by atoms with E-state index >= 15 is 0 Å². The molecule has 5 nitrogen and oxygen atoms in total. The first-order valence-electron chi connectivity index (χ1n) is 7.87. The normalized spacial score (nSPS) is 38.0. The van der Waals surface area contributed by atoms with Crippen LogP contribution in [0.3, 0.4) is 0 Å². The Labute approximate surface area is 128 Å². The van der Waals surface area contributed by atoms with Gasteiger partial charge in [-0.25, -0.2) is 21.1 Å². The van der Waals surface area contributed by atoms with Gasteiger partial charge in [0.2, 0.25) is 10.0 Å². The summed E-state index contributed by atoms with van der Waals surface area (Å²) in [4.78, 5) is 0. The summed E-state index contributed by atoms with van der Waals surface area (Å²) in [6.45, 7) is 0.513. The van der Waals surface area contributed by atoms with E-state index in [2.05, 4.69) is 0 Å². The Morgan fingerprint density at radius 3 is 2.05 bits per heavy atom. The van der Waals surface area contributed by atoms with Crippen LogP contribution < -0.4 is 0 Å². The van der Waals surface area contributed by atoms with Crippen molar-refractivity contribution in [3.8, 4) is 0 Å². The van der Waals surface area contributed by atoms with Gasteiger partial charge in [0, 0.05) is 19.3 Å². The number of hydrogen-bond donors (Lipinski definition) is 0. The van der Waals surface area contributed by atoms with Gasteiger partial charge >= 0.3 is 0 Å². The molecule has 1 heterocycles. The lowest BCUT2D eigenvalue weighted by molar-refractivity contribution is 0.0850. The summed E-state index contributed by atoms with van der Waals surface area (Å²) >= 11 is 0. The fraction of sp³-hybridized carbons (Fsp3) is 1.00. The highest BCUT2D eigenvalue weighted by molar-refractivity contribution is 7.91. The summed E-state index contributed by atoms with van der Waals surface area (Å²) in [7, 11) is -6.48. The van der Waals surface area contributed by atoms with Crippen molar-refractivity contribution in [1.29, 1.82) is 0 Å². The van der Waals surface area contributed by atoms with Gasteiger partial charge in [0.05, 0.1) is 11.0 Å². The summed E-state index contributed by atoms with van der Waals surface area (Å²) in [6.07, 6.45) is 8.23. The maximum absolute atomic E-state index is 12.7. The van der Waals surface area contributed by atoms with Crippen LogP contribution in [0.5, 0.6) is 0 Å². The topological polar surface area (TPSA) is 71.5 Å². The molecule has 0 spiro atoms. The summed E-state index contributed by atoms with van der Waals surface area (Å²) in [5.41, 5.74) is -0.0310. The molecule has 3 aliphatic carbocycles. The number of nitrogens with zero attached hydrogens (tertiary/aromatic N) is 1. The summed E-state index contributed by atoms with van der Waals surface area (Å²) in [5.74, 6) is 1.04. The lowest BCUT2D eigenvalue weighted by Gasteiger charge is -2.46. The molecular formula is C14H25NO4S2. The van der Waals surface area contributed by atoms with E-state index in [0.29, 0.717) is 13.0 Å². The van der Waals surface area contributed by atoms with Crippen LogP contribution in [0.4, 0.5) is 0 Å². The van der Waals surface area contributed by atoms with Gasteiger partial charge in [-0.1, -0.05) is 0 Å². The van der Waals surface area contributed by atoms with Crippen LogP contribution in [0.25, 0.3) is 0 Å². The molecule has 21 heavy (non-hydrogen) atoms. The Morgan fingerprint density at radius 1 is 1.00 bits per heavy atom. The van der Waals surface area contributed by atoms with Crippen LogP contribution in [0.2, 0.25) is 0 Å². The van der Waals surface area contributed by atoms with Crippen molar-refractivity contribution in [3.63, 3.8) is 0 Å². The molecule has 2 bridgehead atoms. The van der Waals surface area contributed by atoms with Crippen molar-refractivity contribution in [2.75, 3.05) is 25.1 Å². The number of fused-ring (bicyclic) bond motifs is 3. The van der Waals surface area contributed by atoms with E-state index in [1.54, 1.807) is 0 Å². The fourth-order valence-electron chi connectivity index (χ4n) is 4.33. The highest BCUT2D eigenvalue weighted by Gasteiger charge is 2.46. The average Bonchev–Trinajstić information content (AvgIpc) is 2.90.